The number of hydrogen-bond acceptors (Lipinski definition) is 5. The van der Waals surface area contributed by atoms with E-state index >= 15 is 0 Å². The number of primary sulfonamides is 1. The van der Waals surface area contributed by atoms with Gasteiger partial charge in [-0.05, 0) is 37.1 Å². The van der Waals surface area contributed by atoms with Crippen LogP contribution in [0, 0.1) is 11.3 Å². The maximum Gasteiger partial charge on any atom is 0.274 e. The Labute approximate surface area is 138 Å². The number of aromatic nitrogens is 1. The molecular weight excluding hydrogens is 330 g/mol. The SMILES string of the molecule is N#Cc1c(N)c(C(=O)Nc2ccc(S(N)(=O)=O)cc2)n2c1CCC2. The van der Waals surface area contributed by atoms with E-state index in [4.69, 9.17) is 10.9 Å². The molecule has 0 radical (unpaired) electrons. The average molecular weight is 345 g/mol. The van der Waals surface area contributed by atoms with E-state index in [2.05, 4.69) is 11.4 Å². The lowest BCUT2D eigenvalue weighted by atomic mass is 10.1. The van der Waals surface area contributed by atoms with Crippen molar-refractivity contribution < 1.29 is 13.2 Å². The first-order chi connectivity index (χ1) is 11.3. The molecule has 1 aliphatic heterocycles. The van der Waals surface area contributed by atoms with Crippen molar-refractivity contribution in [3.05, 3.63) is 41.2 Å². The van der Waals surface area contributed by atoms with Crippen LogP contribution in [-0.4, -0.2) is 18.9 Å². The van der Waals surface area contributed by atoms with Crippen LogP contribution in [0.25, 0.3) is 0 Å². The van der Waals surface area contributed by atoms with Crippen LogP contribution in [0.1, 0.15) is 28.2 Å². The molecule has 0 aliphatic carbocycles. The fourth-order valence-corrected chi connectivity index (χ4v) is 3.40. The van der Waals surface area contributed by atoms with Crippen molar-refractivity contribution in [3.8, 4) is 6.07 Å². The maximum absolute atomic E-state index is 12.5. The lowest BCUT2D eigenvalue weighted by Gasteiger charge is -2.09. The molecule has 9 heteroatoms. The number of nitrogen functional groups attached to an aromatic ring is 1. The summed E-state index contributed by atoms with van der Waals surface area (Å²) in [7, 11) is -3.79. The zero-order valence-electron chi connectivity index (χ0n) is 12.6. The summed E-state index contributed by atoms with van der Waals surface area (Å²) in [5, 5.41) is 16.9. The van der Waals surface area contributed by atoms with Crippen LogP contribution in [0.4, 0.5) is 11.4 Å². The number of nitrogens with two attached hydrogens (primary N) is 2. The Balaban J connectivity index is 1.91. The molecule has 0 unspecified atom stereocenters. The van der Waals surface area contributed by atoms with Gasteiger partial charge in [0.05, 0.1) is 16.1 Å². The molecule has 0 fully saturated rings. The molecule has 124 valence electrons. The molecule has 0 bridgehead atoms. The zero-order chi connectivity index (χ0) is 17.5. The van der Waals surface area contributed by atoms with Gasteiger partial charge in [0.25, 0.3) is 5.91 Å². The number of rotatable bonds is 3. The second kappa shape index (κ2) is 5.67. The number of nitrogens with one attached hydrogen (secondary N) is 1. The molecule has 1 amide bonds. The van der Waals surface area contributed by atoms with E-state index in [0.717, 1.165) is 12.1 Å². The summed E-state index contributed by atoms with van der Waals surface area (Å²) in [6.07, 6.45) is 1.57. The van der Waals surface area contributed by atoms with Gasteiger partial charge in [-0.25, -0.2) is 13.6 Å². The topological polar surface area (TPSA) is 144 Å². The highest BCUT2D eigenvalue weighted by Crippen LogP contribution is 2.31. The number of hydrogen-bond donors (Lipinski definition) is 3. The monoisotopic (exact) mass is 345 g/mol. The lowest BCUT2D eigenvalue weighted by molar-refractivity contribution is 0.101. The van der Waals surface area contributed by atoms with Gasteiger partial charge in [0.15, 0.2) is 0 Å². The number of nitriles is 1. The highest BCUT2D eigenvalue weighted by Gasteiger charge is 2.28. The van der Waals surface area contributed by atoms with Crippen LogP contribution in [0.15, 0.2) is 29.2 Å². The van der Waals surface area contributed by atoms with Crippen molar-refractivity contribution in [3.63, 3.8) is 0 Å². The third-order valence-electron chi connectivity index (χ3n) is 3.97. The molecule has 0 saturated heterocycles. The Morgan fingerprint density at radius 1 is 1.29 bits per heavy atom. The first kappa shape index (κ1) is 16.0. The van der Waals surface area contributed by atoms with Gasteiger partial charge in [0, 0.05) is 17.9 Å². The largest absolute Gasteiger partial charge is 0.396 e. The third-order valence-corrected chi connectivity index (χ3v) is 4.90. The van der Waals surface area contributed by atoms with Gasteiger partial charge >= 0.3 is 0 Å². The number of fused-ring (bicyclic) bond motifs is 1. The Bertz CT molecular complexity index is 968. The number of amides is 1. The van der Waals surface area contributed by atoms with E-state index < -0.39 is 15.9 Å². The second-order valence-corrected chi connectivity index (χ2v) is 7.04. The minimum absolute atomic E-state index is 0.0460. The average Bonchev–Trinajstić information content (AvgIpc) is 3.06. The Hall–Kier alpha value is -2.83. The predicted molar refractivity (Wildman–Crippen MR) is 87.6 cm³/mol. The van der Waals surface area contributed by atoms with Gasteiger partial charge in [-0.2, -0.15) is 5.26 Å². The minimum atomic E-state index is -3.79. The smallest absolute Gasteiger partial charge is 0.274 e. The highest BCUT2D eigenvalue weighted by atomic mass is 32.2. The Kier molecular flexibility index (Phi) is 3.79. The Morgan fingerprint density at radius 3 is 2.54 bits per heavy atom. The quantitative estimate of drug-likeness (QED) is 0.753. The third kappa shape index (κ3) is 2.62. The second-order valence-electron chi connectivity index (χ2n) is 5.47. The number of nitrogens with zero attached hydrogens (tertiary/aromatic N) is 2. The van der Waals surface area contributed by atoms with Crippen LogP contribution in [-0.2, 0) is 23.0 Å². The summed E-state index contributed by atoms with van der Waals surface area (Å²) in [5.74, 6) is -0.444. The van der Waals surface area contributed by atoms with E-state index in [-0.39, 0.29) is 16.3 Å². The fourth-order valence-electron chi connectivity index (χ4n) is 2.89. The van der Waals surface area contributed by atoms with Gasteiger partial charge in [-0.15, -0.1) is 0 Å². The highest BCUT2D eigenvalue weighted by molar-refractivity contribution is 7.89. The van der Waals surface area contributed by atoms with Crippen molar-refractivity contribution in [2.45, 2.75) is 24.3 Å². The molecule has 24 heavy (non-hydrogen) atoms. The summed E-state index contributed by atoms with van der Waals surface area (Å²) in [6.45, 7) is 0.633. The molecule has 0 atom stereocenters. The summed E-state index contributed by atoms with van der Waals surface area (Å²) < 4.78 is 24.2. The van der Waals surface area contributed by atoms with Crippen LogP contribution < -0.4 is 16.2 Å². The molecule has 2 heterocycles. The van der Waals surface area contributed by atoms with E-state index in [1.807, 2.05) is 0 Å². The normalized spacial score (nSPS) is 13.3. The number of benzene rings is 1. The molecule has 1 aromatic heterocycles. The van der Waals surface area contributed by atoms with Crippen LogP contribution in [0.3, 0.4) is 0 Å². The first-order valence-electron chi connectivity index (χ1n) is 7.18. The summed E-state index contributed by atoms with van der Waals surface area (Å²) in [5.41, 5.74) is 7.92. The van der Waals surface area contributed by atoms with Gasteiger partial charge < -0.3 is 15.6 Å². The fraction of sp³-hybridized carbons (Fsp3) is 0.200. The van der Waals surface area contributed by atoms with E-state index in [0.29, 0.717) is 24.2 Å². The van der Waals surface area contributed by atoms with E-state index in [9.17, 15) is 18.5 Å². The molecule has 1 aliphatic rings. The van der Waals surface area contributed by atoms with Gasteiger partial charge in [0.2, 0.25) is 10.0 Å². The molecule has 0 spiro atoms. The number of sulfonamides is 1. The van der Waals surface area contributed by atoms with Crippen molar-refractivity contribution in [1.29, 1.82) is 5.26 Å². The first-order valence-corrected chi connectivity index (χ1v) is 8.72. The maximum atomic E-state index is 12.5. The number of anilines is 2. The van der Waals surface area contributed by atoms with Crippen molar-refractivity contribution >= 4 is 27.3 Å². The molecule has 3 rings (SSSR count). The van der Waals surface area contributed by atoms with Crippen molar-refractivity contribution in [2.75, 3.05) is 11.1 Å². The van der Waals surface area contributed by atoms with Crippen molar-refractivity contribution in [2.24, 2.45) is 5.14 Å². The number of carbonyl (C=O) groups excluding carboxylic acids is 1. The molecule has 0 saturated carbocycles. The van der Waals surface area contributed by atoms with Gasteiger partial charge in [-0.1, -0.05) is 0 Å². The summed E-state index contributed by atoms with van der Waals surface area (Å²) >= 11 is 0. The van der Waals surface area contributed by atoms with E-state index in [1.165, 1.54) is 24.3 Å². The standard InChI is InChI=1S/C15H15N5O3S/c16-8-11-12-2-1-7-20(12)14(13(11)17)15(21)19-9-3-5-10(6-4-9)24(18,22)23/h3-6H,1-2,7,17H2,(H,19,21)(H2,18,22,23). The van der Waals surface area contributed by atoms with Gasteiger partial charge in [0.1, 0.15) is 11.8 Å². The van der Waals surface area contributed by atoms with Crippen LogP contribution in [0.2, 0.25) is 0 Å². The molecular formula is C15H15N5O3S. The summed E-state index contributed by atoms with van der Waals surface area (Å²) in [6, 6.07) is 7.53. The van der Waals surface area contributed by atoms with Crippen molar-refractivity contribution in [1.82, 2.24) is 4.57 Å². The Morgan fingerprint density at radius 2 is 1.96 bits per heavy atom. The summed E-state index contributed by atoms with van der Waals surface area (Å²) in [4.78, 5) is 12.5. The van der Waals surface area contributed by atoms with Crippen LogP contribution in [0.5, 0.6) is 0 Å². The molecule has 5 N–H and O–H groups in total. The zero-order valence-corrected chi connectivity index (χ0v) is 13.4. The van der Waals surface area contributed by atoms with Gasteiger partial charge in [-0.3, -0.25) is 4.79 Å². The number of carbonyl (C=O) groups is 1. The van der Waals surface area contributed by atoms with Crippen LogP contribution >= 0.6 is 0 Å². The molecule has 8 nitrogen and oxygen atoms in total. The minimum Gasteiger partial charge on any atom is -0.396 e. The predicted octanol–water partition coefficient (Wildman–Crippen LogP) is 0.788. The molecule has 1 aromatic carbocycles. The molecule has 2 aromatic rings. The lowest BCUT2D eigenvalue weighted by Crippen LogP contribution is -2.18. The van der Waals surface area contributed by atoms with E-state index in [1.54, 1.807) is 4.57 Å².